The van der Waals surface area contributed by atoms with Gasteiger partial charge >= 0.3 is 5.97 Å². The third kappa shape index (κ3) is 3.79. The molecule has 102 valence electrons. The summed E-state index contributed by atoms with van der Waals surface area (Å²) in [5.74, 6) is 0.496. The Bertz CT molecular complexity index is 563. The van der Waals surface area contributed by atoms with Gasteiger partial charge in [0.15, 0.2) is 11.5 Å². The first-order valence-electron chi connectivity index (χ1n) is 6.32. The maximum atomic E-state index is 10.9. The van der Waals surface area contributed by atoms with Crippen LogP contribution in [0.4, 0.5) is 0 Å². The van der Waals surface area contributed by atoms with Gasteiger partial charge in [0, 0.05) is 13.5 Å². The largest absolute Gasteiger partial charge is 0.469 e. The predicted molar refractivity (Wildman–Crippen MR) is 72.0 cm³/mol. The summed E-state index contributed by atoms with van der Waals surface area (Å²) >= 11 is 0. The zero-order valence-electron chi connectivity index (χ0n) is 11.2. The summed E-state index contributed by atoms with van der Waals surface area (Å²) in [6.45, 7) is 3.30. The molecule has 0 amide bonds. The number of ether oxygens (including phenoxy) is 1. The molecule has 0 saturated heterocycles. The van der Waals surface area contributed by atoms with Crippen LogP contribution in [0.2, 0.25) is 0 Å². The zero-order valence-corrected chi connectivity index (χ0v) is 11.2. The van der Waals surface area contributed by atoms with Crippen molar-refractivity contribution in [3.05, 3.63) is 29.7 Å². The van der Waals surface area contributed by atoms with Crippen molar-refractivity contribution in [2.24, 2.45) is 0 Å². The number of aryl methyl sites for hydroxylation is 1. The highest BCUT2D eigenvalue weighted by Gasteiger charge is 2.03. The van der Waals surface area contributed by atoms with Crippen molar-refractivity contribution in [3.8, 4) is 0 Å². The Kier molecular flexibility index (Phi) is 4.52. The van der Waals surface area contributed by atoms with Crippen LogP contribution in [0.15, 0.2) is 22.6 Å². The second-order valence-corrected chi connectivity index (χ2v) is 4.36. The van der Waals surface area contributed by atoms with E-state index in [1.54, 1.807) is 0 Å². The molecule has 0 spiro atoms. The number of rotatable bonds is 6. The minimum atomic E-state index is -0.188. The standard InChI is InChI=1S/C14H18N2O3/c1-10-16-12-9-11(3-4-13(12)19-10)5-7-15-8-6-14(17)18-2/h3-4,9,15H,5-8H2,1-2H3. The van der Waals surface area contributed by atoms with Gasteiger partial charge in [0.25, 0.3) is 0 Å². The number of hydrogen-bond donors (Lipinski definition) is 1. The van der Waals surface area contributed by atoms with Crippen LogP contribution in [0.5, 0.6) is 0 Å². The number of aromatic nitrogens is 1. The molecule has 1 N–H and O–H groups in total. The Labute approximate surface area is 112 Å². The number of oxazole rings is 1. The van der Waals surface area contributed by atoms with Crippen LogP contribution in [0.1, 0.15) is 17.9 Å². The molecule has 1 aromatic carbocycles. The van der Waals surface area contributed by atoms with Crippen molar-refractivity contribution >= 4 is 17.1 Å². The Hall–Kier alpha value is -1.88. The first-order valence-corrected chi connectivity index (χ1v) is 6.32. The molecule has 5 heteroatoms. The first-order chi connectivity index (χ1) is 9.19. The molecule has 0 aliphatic rings. The molecule has 2 rings (SSSR count). The van der Waals surface area contributed by atoms with Crippen molar-refractivity contribution in [2.75, 3.05) is 20.2 Å². The predicted octanol–water partition coefficient (Wildman–Crippen LogP) is 1.83. The van der Waals surface area contributed by atoms with Crippen LogP contribution in [0, 0.1) is 6.92 Å². The van der Waals surface area contributed by atoms with Gasteiger partial charge in [-0.15, -0.1) is 0 Å². The third-order valence-corrected chi connectivity index (χ3v) is 2.88. The number of nitrogens with one attached hydrogen (secondary N) is 1. The minimum Gasteiger partial charge on any atom is -0.469 e. The Morgan fingerprint density at radius 1 is 1.42 bits per heavy atom. The van der Waals surface area contributed by atoms with E-state index in [0.717, 1.165) is 24.1 Å². The second-order valence-electron chi connectivity index (χ2n) is 4.36. The lowest BCUT2D eigenvalue weighted by molar-refractivity contribution is -0.140. The highest BCUT2D eigenvalue weighted by molar-refractivity contribution is 5.73. The molecule has 2 aromatic rings. The van der Waals surface area contributed by atoms with Gasteiger partial charge < -0.3 is 14.5 Å². The van der Waals surface area contributed by atoms with Crippen LogP contribution < -0.4 is 5.32 Å². The number of carbonyl (C=O) groups is 1. The third-order valence-electron chi connectivity index (χ3n) is 2.88. The van der Waals surface area contributed by atoms with E-state index in [1.807, 2.05) is 25.1 Å². The van der Waals surface area contributed by atoms with Gasteiger partial charge in [-0.05, 0) is 30.7 Å². The highest BCUT2D eigenvalue weighted by atomic mass is 16.5. The summed E-state index contributed by atoms with van der Waals surface area (Å²) in [6, 6.07) is 6.02. The van der Waals surface area contributed by atoms with Crippen LogP contribution in [-0.2, 0) is 16.0 Å². The molecule has 0 saturated carbocycles. The van der Waals surface area contributed by atoms with E-state index in [0.29, 0.717) is 18.9 Å². The average Bonchev–Trinajstić information content (AvgIpc) is 2.77. The molecule has 1 heterocycles. The van der Waals surface area contributed by atoms with Crippen molar-refractivity contribution in [2.45, 2.75) is 19.8 Å². The summed E-state index contributed by atoms with van der Waals surface area (Å²) in [7, 11) is 1.40. The van der Waals surface area contributed by atoms with E-state index in [1.165, 1.54) is 12.7 Å². The molecule has 0 aliphatic carbocycles. The summed E-state index contributed by atoms with van der Waals surface area (Å²) < 4.78 is 9.99. The van der Waals surface area contributed by atoms with Crippen LogP contribution in [0.25, 0.3) is 11.1 Å². The van der Waals surface area contributed by atoms with E-state index in [4.69, 9.17) is 4.42 Å². The fourth-order valence-corrected chi connectivity index (χ4v) is 1.89. The Morgan fingerprint density at radius 2 is 2.26 bits per heavy atom. The lowest BCUT2D eigenvalue weighted by Gasteiger charge is -2.04. The van der Waals surface area contributed by atoms with Crippen molar-refractivity contribution in [1.82, 2.24) is 10.3 Å². The molecule has 0 aliphatic heterocycles. The van der Waals surface area contributed by atoms with Crippen LogP contribution >= 0.6 is 0 Å². The summed E-state index contributed by atoms with van der Waals surface area (Å²) in [5, 5.41) is 3.21. The van der Waals surface area contributed by atoms with E-state index < -0.39 is 0 Å². The van der Waals surface area contributed by atoms with Crippen molar-refractivity contribution < 1.29 is 13.9 Å². The molecular weight excluding hydrogens is 244 g/mol. The smallest absolute Gasteiger partial charge is 0.306 e. The maximum Gasteiger partial charge on any atom is 0.306 e. The quantitative estimate of drug-likeness (QED) is 0.635. The molecule has 19 heavy (non-hydrogen) atoms. The Morgan fingerprint density at radius 3 is 3.05 bits per heavy atom. The topological polar surface area (TPSA) is 64.4 Å². The van der Waals surface area contributed by atoms with Crippen molar-refractivity contribution in [1.29, 1.82) is 0 Å². The number of nitrogens with zero attached hydrogens (tertiary/aromatic N) is 1. The molecule has 0 atom stereocenters. The van der Waals surface area contributed by atoms with E-state index in [9.17, 15) is 4.79 Å². The SMILES string of the molecule is COC(=O)CCNCCc1ccc2oc(C)nc2c1. The maximum absolute atomic E-state index is 10.9. The molecule has 1 aromatic heterocycles. The molecular formula is C14H18N2O3. The molecule has 5 nitrogen and oxygen atoms in total. The van der Waals surface area contributed by atoms with Crippen LogP contribution in [0.3, 0.4) is 0 Å². The van der Waals surface area contributed by atoms with E-state index >= 15 is 0 Å². The fourth-order valence-electron chi connectivity index (χ4n) is 1.89. The van der Waals surface area contributed by atoms with E-state index in [-0.39, 0.29) is 5.97 Å². The number of carbonyl (C=O) groups excluding carboxylic acids is 1. The van der Waals surface area contributed by atoms with Gasteiger partial charge in [-0.3, -0.25) is 4.79 Å². The minimum absolute atomic E-state index is 0.188. The lowest BCUT2D eigenvalue weighted by Crippen LogP contribution is -2.21. The van der Waals surface area contributed by atoms with Gasteiger partial charge in [0.1, 0.15) is 5.52 Å². The monoisotopic (exact) mass is 262 g/mol. The molecule has 0 bridgehead atoms. The van der Waals surface area contributed by atoms with E-state index in [2.05, 4.69) is 15.0 Å². The molecule has 0 unspecified atom stereocenters. The van der Waals surface area contributed by atoms with Gasteiger partial charge in [-0.25, -0.2) is 4.98 Å². The number of esters is 1. The summed E-state index contributed by atoms with van der Waals surface area (Å²) in [4.78, 5) is 15.2. The van der Waals surface area contributed by atoms with Crippen LogP contribution in [-0.4, -0.2) is 31.2 Å². The van der Waals surface area contributed by atoms with Gasteiger partial charge in [0.05, 0.1) is 13.5 Å². The second kappa shape index (κ2) is 6.33. The lowest BCUT2D eigenvalue weighted by atomic mass is 10.1. The van der Waals surface area contributed by atoms with Gasteiger partial charge in [0.2, 0.25) is 0 Å². The summed E-state index contributed by atoms with van der Waals surface area (Å²) in [6.07, 6.45) is 1.29. The average molecular weight is 262 g/mol. The van der Waals surface area contributed by atoms with Gasteiger partial charge in [-0.1, -0.05) is 6.07 Å². The van der Waals surface area contributed by atoms with Gasteiger partial charge in [-0.2, -0.15) is 0 Å². The molecule has 0 radical (unpaired) electrons. The highest BCUT2D eigenvalue weighted by Crippen LogP contribution is 2.16. The number of fused-ring (bicyclic) bond motifs is 1. The fraction of sp³-hybridized carbons (Fsp3) is 0.429. The zero-order chi connectivity index (χ0) is 13.7. The molecule has 0 fully saturated rings. The first kappa shape index (κ1) is 13.5. The normalized spacial score (nSPS) is 10.8. The van der Waals surface area contributed by atoms with Crippen molar-refractivity contribution in [3.63, 3.8) is 0 Å². The number of benzene rings is 1. The number of methoxy groups -OCH3 is 1. The Balaban J connectivity index is 1.79. The number of hydrogen-bond acceptors (Lipinski definition) is 5. The summed E-state index contributed by atoms with van der Waals surface area (Å²) in [5.41, 5.74) is 2.91.